The van der Waals surface area contributed by atoms with E-state index in [9.17, 15) is 19.5 Å². The maximum atomic E-state index is 13.1. The van der Waals surface area contributed by atoms with Crippen LogP contribution in [0.5, 0.6) is 0 Å². The molecule has 2 aliphatic carbocycles. The Morgan fingerprint density at radius 3 is 2.29 bits per heavy atom. The highest BCUT2D eigenvalue weighted by Crippen LogP contribution is 2.44. The number of hydrogen-bond donors (Lipinski definition) is 3. The molecule has 3 N–H and O–H groups in total. The van der Waals surface area contributed by atoms with E-state index in [0.717, 1.165) is 22.3 Å². The number of rotatable bonds is 8. The van der Waals surface area contributed by atoms with Crippen molar-refractivity contribution in [1.82, 2.24) is 10.6 Å². The highest BCUT2D eigenvalue weighted by molar-refractivity contribution is 5.90. The second-order valence-corrected chi connectivity index (χ2v) is 9.23. The van der Waals surface area contributed by atoms with Crippen LogP contribution in [-0.2, 0) is 19.1 Å². The minimum Gasteiger partial charge on any atom is -0.481 e. The molecule has 2 aromatic carbocycles. The fourth-order valence-corrected chi connectivity index (χ4v) is 4.83. The Hall–Kier alpha value is -3.65. The molecule has 0 bridgehead atoms. The summed E-state index contributed by atoms with van der Waals surface area (Å²) in [6.07, 6.45) is 3.50. The number of carbonyl (C=O) groups excluding carboxylic acids is 2. The van der Waals surface area contributed by atoms with Gasteiger partial charge in [-0.25, -0.2) is 4.79 Å². The van der Waals surface area contributed by atoms with Crippen molar-refractivity contribution in [2.45, 2.75) is 37.3 Å². The standard InChI is InChI=1S/C27H30N2O6/c1-27(16-34-2,25(32)28-18-9-7-8-17(14-18)24(30)31)29-26(33)35-15-23-21-12-5-3-10-19(21)20-11-4-6-13-22(20)23/h3-7,9-13,17-18,23H,8,14-16H2,1-2H3,(H,28,32)(H,29,33)(H,30,31). The predicted octanol–water partition coefficient (Wildman–Crippen LogP) is 3.47. The first kappa shape index (κ1) is 24.5. The van der Waals surface area contributed by atoms with Crippen LogP contribution in [0.15, 0.2) is 60.7 Å². The van der Waals surface area contributed by atoms with Crippen molar-refractivity contribution >= 4 is 18.0 Å². The van der Waals surface area contributed by atoms with Crippen LogP contribution in [0.3, 0.4) is 0 Å². The Bertz CT molecular complexity index is 1100. The van der Waals surface area contributed by atoms with Crippen LogP contribution in [0.1, 0.15) is 36.8 Å². The molecule has 3 atom stereocenters. The van der Waals surface area contributed by atoms with E-state index in [2.05, 4.69) is 22.8 Å². The van der Waals surface area contributed by atoms with Crippen molar-refractivity contribution in [3.05, 3.63) is 71.8 Å². The predicted molar refractivity (Wildman–Crippen MR) is 130 cm³/mol. The van der Waals surface area contributed by atoms with Gasteiger partial charge >= 0.3 is 12.1 Å². The lowest BCUT2D eigenvalue weighted by atomic mass is 9.90. The molecule has 0 saturated carbocycles. The maximum Gasteiger partial charge on any atom is 0.408 e. The van der Waals surface area contributed by atoms with Gasteiger partial charge in [0, 0.05) is 19.1 Å². The van der Waals surface area contributed by atoms with Gasteiger partial charge in [-0.15, -0.1) is 0 Å². The highest BCUT2D eigenvalue weighted by atomic mass is 16.5. The summed E-state index contributed by atoms with van der Waals surface area (Å²) in [4.78, 5) is 37.2. The van der Waals surface area contributed by atoms with Crippen molar-refractivity contribution in [2.75, 3.05) is 20.3 Å². The smallest absolute Gasteiger partial charge is 0.408 e. The van der Waals surface area contributed by atoms with Crippen molar-refractivity contribution in [3.8, 4) is 11.1 Å². The number of hydrogen-bond acceptors (Lipinski definition) is 5. The van der Waals surface area contributed by atoms with E-state index >= 15 is 0 Å². The third-order valence-corrected chi connectivity index (χ3v) is 6.65. The molecule has 0 spiro atoms. The quantitative estimate of drug-likeness (QED) is 0.501. The summed E-state index contributed by atoms with van der Waals surface area (Å²) in [6.45, 7) is 1.59. The van der Waals surface area contributed by atoms with Gasteiger partial charge in [-0.05, 0) is 42.0 Å². The Morgan fingerprint density at radius 1 is 1.06 bits per heavy atom. The second-order valence-electron chi connectivity index (χ2n) is 9.23. The number of aliphatic carboxylic acids is 1. The minimum atomic E-state index is -1.40. The lowest BCUT2D eigenvalue weighted by molar-refractivity contribution is -0.142. The molecule has 2 aromatic rings. The number of carboxylic acids is 1. The number of carbonyl (C=O) groups is 3. The molecule has 2 aliphatic rings. The number of methoxy groups -OCH3 is 1. The van der Waals surface area contributed by atoms with Gasteiger partial charge in [0.2, 0.25) is 5.91 Å². The topological polar surface area (TPSA) is 114 Å². The van der Waals surface area contributed by atoms with Gasteiger partial charge in [0.05, 0.1) is 12.5 Å². The summed E-state index contributed by atoms with van der Waals surface area (Å²) in [7, 11) is 1.44. The Kier molecular flexibility index (Phi) is 7.21. The summed E-state index contributed by atoms with van der Waals surface area (Å²) < 4.78 is 10.8. The Balaban J connectivity index is 1.41. The molecule has 0 radical (unpaired) electrons. The van der Waals surface area contributed by atoms with E-state index in [4.69, 9.17) is 9.47 Å². The van der Waals surface area contributed by atoms with Crippen molar-refractivity contribution < 1.29 is 29.0 Å². The molecule has 2 amide bonds. The first-order chi connectivity index (χ1) is 16.8. The summed E-state index contributed by atoms with van der Waals surface area (Å²) >= 11 is 0. The Labute approximate surface area is 204 Å². The molecule has 3 unspecified atom stereocenters. The lowest BCUT2D eigenvalue weighted by Crippen LogP contribution is -2.61. The monoisotopic (exact) mass is 478 g/mol. The first-order valence-corrected chi connectivity index (χ1v) is 11.6. The minimum absolute atomic E-state index is 0.0815. The molecule has 184 valence electrons. The maximum absolute atomic E-state index is 13.1. The van der Waals surface area contributed by atoms with Crippen LogP contribution in [0.25, 0.3) is 11.1 Å². The number of carboxylic acid groups (broad SMARTS) is 1. The molecule has 4 rings (SSSR count). The molecule has 0 heterocycles. The molecule has 0 fully saturated rings. The number of fused-ring (bicyclic) bond motifs is 3. The normalized spacial score (nSPS) is 20.3. The molecule has 35 heavy (non-hydrogen) atoms. The van der Waals surface area contributed by atoms with Gasteiger partial charge in [0.15, 0.2) is 0 Å². The fraction of sp³-hybridized carbons (Fsp3) is 0.370. The van der Waals surface area contributed by atoms with E-state index in [1.807, 2.05) is 36.4 Å². The van der Waals surface area contributed by atoms with Crippen molar-refractivity contribution in [1.29, 1.82) is 0 Å². The van der Waals surface area contributed by atoms with Crippen LogP contribution < -0.4 is 10.6 Å². The molecule has 8 heteroatoms. The molecule has 0 saturated heterocycles. The van der Waals surface area contributed by atoms with Gasteiger partial charge in [-0.2, -0.15) is 0 Å². The number of ether oxygens (including phenoxy) is 2. The van der Waals surface area contributed by atoms with Gasteiger partial charge < -0.3 is 25.2 Å². The van der Waals surface area contributed by atoms with Crippen LogP contribution >= 0.6 is 0 Å². The highest BCUT2D eigenvalue weighted by Gasteiger charge is 2.38. The molecule has 0 aliphatic heterocycles. The van der Waals surface area contributed by atoms with Crippen LogP contribution in [-0.4, -0.2) is 55.0 Å². The van der Waals surface area contributed by atoms with Gasteiger partial charge in [0.25, 0.3) is 0 Å². The summed E-state index contributed by atoms with van der Waals surface area (Å²) in [6, 6.07) is 15.6. The number of amides is 2. The third kappa shape index (κ3) is 5.22. The van der Waals surface area contributed by atoms with Crippen LogP contribution in [0.2, 0.25) is 0 Å². The number of benzene rings is 2. The first-order valence-electron chi connectivity index (χ1n) is 11.6. The third-order valence-electron chi connectivity index (χ3n) is 6.65. The van der Waals surface area contributed by atoms with Gasteiger partial charge in [-0.3, -0.25) is 9.59 Å². The summed E-state index contributed by atoms with van der Waals surface area (Å²) in [5.74, 6) is -2.04. The largest absolute Gasteiger partial charge is 0.481 e. The zero-order valence-electron chi connectivity index (χ0n) is 19.8. The SMILES string of the molecule is COCC(C)(NC(=O)OCC1c2ccccc2-c2ccccc21)C(=O)NC1C=CCC(C(=O)O)C1. The van der Waals surface area contributed by atoms with E-state index in [1.165, 1.54) is 7.11 Å². The average Bonchev–Trinajstić information content (AvgIpc) is 3.16. The van der Waals surface area contributed by atoms with E-state index < -0.39 is 35.5 Å². The van der Waals surface area contributed by atoms with E-state index in [1.54, 1.807) is 19.1 Å². The fourth-order valence-electron chi connectivity index (χ4n) is 4.83. The van der Waals surface area contributed by atoms with Crippen molar-refractivity contribution in [3.63, 3.8) is 0 Å². The average molecular weight is 479 g/mol. The molecular formula is C27H30N2O6. The molecular weight excluding hydrogens is 448 g/mol. The summed E-state index contributed by atoms with van der Waals surface area (Å²) in [5.41, 5.74) is 3.04. The van der Waals surface area contributed by atoms with E-state index in [-0.39, 0.29) is 25.6 Å². The van der Waals surface area contributed by atoms with Gasteiger partial charge in [0.1, 0.15) is 12.1 Å². The molecule has 8 nitrogen and oxygen atoms in total. The van der Waals surface area contributed by atoms with Gasteiger partial charge in [-0.1, -0.05) is 60.7 Å². The van der Waals surface area contributed by atoms with E-state index in [0.29, 0.717) is 6.42 Å². The number of nitrogens with one attached hydrogen (secondary N) is 2. The lowest BCUT2D eigenvalue weighted by Gasteiger charge is -2.31. The zero-order valence-corrected chi connectivity index (χ0v) is 19.8. The summed E-state index contributed by atoms with van der Waals surface area (Å²) in [5, 5.41) is 14.8. The Morgan fingerprint density at radius 2 is 1.69 bits per heavy atom. The second kappa shape index (κ2) is 10.3. The van der Waals surface area contributed by atoms with Crippen molar-refractivity contribution in [2.24, 2.45) is 5.92 Å². The van der Waals surface area contributed by atoms with Crippen LogP contribution in [0.4, 0.5) is 4.79 Å². The number of alkyl carbamates (subject to hydrolysis) is 1. The number of allylic oxidation sites excluding steroid dienone is 1. The zero-order chi connectivity index (χ0) is 25.0. The molecule has 0 aromatic heterocycles. The van der Waals surface area contributed by atoms with Crippen LogP contribution in [0, 0.1) is 5.92 Å².